The number of rotatable bonds is 1. The van der Waals surface area contributed by atoms with Gasteiger partial charge in [-0.2, -0.15) is 0 Å². The van der Waals surface area contributed by atoms with E-state index >= 15 is 0 Å². The summed E-state index contributed by atoms with van der Waals surface area (Å²) in [5, 5.41) is 0. The Bertz CT molecular complexity index is 258. The van der Waals surface area contributed by atoms with E-state index in [1.165, 1.54) is 24.0 Å². The molecule has 0 fully saturated rings. The molecule has 0 aliphatic rings. The van der Waals surface area contributed by atoms with E-state index < -0.39 is 5.97 Å². The van der Waals surface area contributed by atoms with Gasteiger partial charge in [-0.05, 0) is 0 Å². The van der Waals surface area contributed by atoms with Crippen molar-refractivity contribution in [1.29, 1.82) is 0 Å². The Kier molecular flexibility index (Phi) is 2.66. The summed E-state index contributed by atoms with van der Waals surface area (Å²) in [7, 11) is 1.34. The van der Waals surface area contributed by atoms with Crippen molar-refractivity contribution in [2.75, 3.05) is 7.11 Å². The zero-order chi connectivity index (χ0) is 8.27. The molecule has 11 heavy (non-hydrogen) atoms. The Morgan fingerprint density at radius 1 is 1.64 bits per heavy atom. The SMILES string of the molecule is COC(=O)c1ccc([AsH2])cn1. The molecule has 0 aliphatic carbocycles. The number of ether oxygens (including phenoxy) is 1. The van der Waals surface area contributed by atoms with Crippen molar-refractivity contribution in [1.82, 2.24) is 4.98 Å². The van der Waals surface area contributed by atoms with Crippen molar-refractivity contribution >= 4 is 27.2 Å². The quantitative estimate of drug-likeness (QED) is 0.449. The molecule has 1 heterocycles. The van der Waals surface area contributed by atoms with E-state index in [0.717, 1.165) is 4.35 Å². The molecule has 0 radical (unpaired) electrons. The monoisotopic (exact) mass is 213 g/mol. The van der Waals surface area contributed by atoms with Crippen LogP contribution in [0.25, 0.3) is 0 Å². The van der Waals surface area contributed by atoms with Crippen LogP contribution in [0.1, 0.15) is 10.5 Å². The first kappa shape index (κ1) is 8.28. The van der Waals surface area contributed by atoms with Crippen LogP contribution in [0, 0.1) is 0 Å². The van der Waals surface area contributed by atoms with Crippen molar-refractivity contribution in [2.24, 2.45) is 0 Å². The molecule has 1 aromatic rings. The molecule has 3 nitrogen and oxygen atoms in total. The van der Waals surface area contributed by atoms with Gasteiger partial charge >= 0.3 is 72.8 Å². The van der Waals surface area contributed by atoms with Crippen LogP contribution in [0.2, 0.25) is 0 Å². The van der Waals surface area contributed by atoms with E-state index in [9.17, 15) is 4.79 Å². The van der Waals surface area contributed by atoms with Gasteiger partial charge in [0, 0.05) is 0 Å². The van der Waals surface area contributed by atoms with Gasteiger partial charge in [0.2, 0.25) is 0 Å². The topological polar surface area (TPSA) is 39.2 Å². The fraction of sp³-hybridized carbons (Fsp3) is 0.143. The van der Waals surface area contributed by atoms with Crippen LogP contribution < -0.4 is 4.35 Å². The predicted molar refractivity (Wildman–Crippen MR) is 43.8 cm³/mol. The van der Waals surface area contributed by atoms with Gasteiger partial charge in [-0.3, -0.25) is 0 Å². The molecular formula is C7H8AsNO2. The Labute approximate surface area is 73.3 Å². The molecule has 1 rings (SSSR count). The molecular weight excluding hydrogens is 205 g/mol. The molecule has 0 saturated heterocycles. The summed E-state index contributed by atoms with van der Waals surface area (Å²) < 4.78 is 5.57. The number of hydrogen-bond acceptors (Lipinski definition) is 3. The number of nitrogens with zero attached hydrogens (tertiary/aromatic N) is 1. The van der Waals surface area contributed by atoms with Gasteiger partial charge in [-0.1, -0.05) is 0 Å². The molecule has 0 spiro atoms. The number of hydrogen-bond donors (Lipinski definition) is 0. The van der Waals surface area contributed by atoms with Gasteiger partial charge in [0.1, 0.15) is 0 Å². The first-order valence-corrected chi connectivity index (χ1v) is 4.25. The second kappa shape index (κ2) is 3.53. The summed E-state index contributed by atoms with van der Waals surface area (Å²) in [5.74, 6) is -0.391. The molecule has 1 atom stereocenters. The van der Waals surface area contributed by atoms with E-state index in [0.29, 0.717) is 5.69 Å². The summed E-state index contributed by atoms with van der Waals surface area (Å²) in [6.07, 6.45) is 1.66. The number of pyridine rings is 1. The van der Waals surface area contributed by atoms with Crippen LogP contribution in [0.5, 0.6) is 0 Å². The van der Waals surface area contributed by atoms with Crippen molar-refractivity contribution < 1.29 is 9.53 Å². The molecule has 4 heteroatoms. The number of esters is 1. The standard InChI is InChI=1S/C7H8AsNO2/c1-11-7(10)6-3-2-5(8)4-9-6/h2-4H,8H2,1H3. The fourth-order valence-corrected chi connectivity index (χ4v) is 0.989. The second-order valence-electron chi connectivity index (χ2n) is 1.97. The number of carbonyl (C=O) groups excluding carboxylic acids is 1. The van der Waals surface area contributed by atoms with Gasteiger partial charge < -0.3 is 0 Å². The number of aromatic nitrogens is 1. The van der Waals surface area contributed by atoms with E-state index in [2.05, 4.69) is 9.72 Å². The molecule has 0 saturated carbocycles. The van der Waals surface area contributed by atoms with E-state index in [4.69, 9.17) is 0 Å². The van der Waals surface area contributed by atoms with Gasteiger partial charge in [0.05, 0.1) is 0 Å². The van der Waals surface area contributed by atoms with Crippen LogP contribution in [0.3, 0.4) is 0 Å². The zero-order valence-corrected chi connectivity index (χ0v) is 8.50. The fourth-order valence-electron chi connectivity index (χ4n) is 0.631. The van der Waals surface area contributed by atoms with Crippen molar-refractivity contribution in [3.63, 3.8) is 0 Å². The van der Waals surface area contributed by atoms with E-state index in [1.54, 1.807) is 12.3 Å². The van der Waals surface area contributed by atoms with E-state index in [1.807, 2.05) is 6.07 Å². The summed E-state index contributed by atoms with van der Waals surface area (Å²) in [6.45, 7) is 0. The van der Waals surface area contributed by atoms with Crippen LogP contribution in [0.4, 0.5) is 0 Å². The van der Waals surface area contributed by atoms with Crippen molar-refractivity contribution in [3.8, 4) is 0 Å². The first-order valence-electron chi connectivity index (χ1n) is 3.04. The van der Waals surface area contributed by atoms with Crippen LogP contribution in [0.15, 0.2) is 18.3 Å². The third kappa shape index (κ3) is 2.05. The Balaban J connectivity index is 2.90. The summed E-state index contributed by atoms with van der Waals surface area (Å²) in [6, 6.07) is 3.50. The van der Waals surface area contributed by atoms with Crippen LogP contribution in [-0.4, -0.2) is 34.9 Å². The molecule has 0 aliphatic heterocycles. The maximum atomic E-state index is 10.8. The minimum atomic E-state index is -0.391. The summed E-state index contributed by atoms with van der Waals surface area (Å²) in [4.78, 5) is 14.7. The summed E-state index contributed by atoms with van der Waals surface area (Å²) >= 11 is 1.48. The molecule has 1 unspecified atom stereocenters. The van der Waals surface area contributed by atoms with Crippen LogP contribution in [-0.2, 0) is 4.74 Å². The third-order valence-corrected chi connectivity index (χ3v) is 1.90. The maximum absolute atomic E-state index is 10.8. The molecule has 0 amide bonds. The molecule has 1 aromatic heterocycles. The number of carbonyl (C=O) groups is 1. The Morgan fingerprint density at radius 3 is 2.82 bits per heavy atom. The molecule has 0 bridgehead atoms. The average molecular weight is 213 g/mol. The minimum absolute atomic E-state index is 0.355. The second-order valence-corrected chi connectivity index (χ2v) is 3.37. The third-order valence-electron chi connectivity index (χ3n) is 1.18. The normalized spacial score (nSPS) is 9.27. The predicted octanol–water partition coefficient (Wildman–Crippen LogP) is -0.873. The Hall–Kier alpha value is -0.822. The number of methoxy groups -OCH3 is 1. The van der Waals surface area contributed by atoms with Crippen LogP contribution >= 0.6 is 0 Å². The average Bonchev–Trinajstić information content (AvgIpc) is 2.05. The van der Waals surface area contributed by atoms with Gasteiger partial charge in [-0.15, -0.1) is 0 Å². The Morgan fingerprint density at radius 2 is 2.36 bits per heavy atom. The molecule has 0 aromatic carbocycles. The van der Waals surface area contributed by atoms with E-state index in [-0.39, 0.29) is 0 Å². The van der Waals surface area contributed by atoms with Gasteiger partial charge in [-0.25, -0.2) is 0 Å². The van der Waals surface area contributed by atoms with Gasteiger partial charge in [0.25, 0.3) is 0 Å². The molecule has 0 N–H and O–H groups in total. The van der Waals surface area contributed by atoms with Crippen molar-refractivity contribution in [2.45, 2.75) is 0 Å². The molecule has 58 valence electrons. The first-order chi connectivity index (χ1) is 5.24. The van der Waals surface area contributed by atoms with Crippen molar-refractivity contribution in [3.05, 3.63) is 24.0 Å². The zero-order valence-electron chi connectivity index (χ0n) is 6.07. The summed E-state index contributed by atoms with van der Waals surface area (Å²) in [5.41, 5.74) is 0.355. The van der Waals surface area contributed by atoms with Gasteiger partial charge in [0.15, 0.2) is 0 Å².